The lowest BCUT2D eigenvalue weighted by Gasteiger charge is -2.31. The molecule has 7 nitrogen and oxygen atoms in total. The monoisotopic (exact) mass is 573 g/mol. The molecule has 0 amide bonds. The molecule has 2 aromatic heterocycles. The predicted octanol–water partition coefficient (Wildman–Crippen LogP) is 6.16. The zero-order valence-corrected chi connectivity index (χ0v) is 24.4. The number of rotatable bonds is 6. The van der Waals surface area contributed by atoms with E-state index < -0.39 is 0 Å². The number of ether oxygens (including phenoxy) is 2. The van der Waals surface area contributed by atoms with Crippen molar-refractivity contribution in [3.63, 3.8) is 0 Å². The molecule has 1 N–H and O–H groups in total. The van der Waals surface area contributed by atoms with Crippen LogP contribution in [0.5, 0.6) is 5.75 Å². The summed E-state index contributed by atoms with van der Waals surface area (Å²) in [5.41, 5.74) is 7.38. The van der Waals surface area contributed by atoms with E-state index in [1.54, 1.807) is 7.11 Å². The number of halogens is 1. The van der Waals surface area contributed by atoms with Crippen molar-refractivity contribution in [2.24, 2.45) is 0 Å². The number of thiocarbonyl (C=S) groups is 1. The minimum Gasteiger partial charge on any atom is -0.495 e. The molecule has 2 aliphatic rings. The van der Waals surface area contributed by atoms with E-state index in [1.807, 2.05) is 36.5 Å². The smallest absolute Gasteiger partial charge is 0.174 e. The lowest BCUT2D eigenvalue weighted by atomic mass is 9.96. The average Bonchev–Trinajstić information content (AvgIpc) is 3.48. The standard InChI is InChI=1S/C31H32ClN5O2S/c1-20-18-25(21(2)36(20)27-19-22(32)7-12-28(27)38-3)30-29(26-6-4-5-13-33-26)34-31(40)37(30)24-10-8-23(9-11-24)35-14-16-39-17-15-35/h4-13,18-19,29-30H,14-17H2,1-3H3,(H,34,40)/t29-,30+/m0/s1. The van der Waals surface area contributed by atoms with Crippen LogP contribution in [-0.2, 0) is 4.74 Å². The van der Waals surface area contributed by atoms with Crippen LogP contribution in [0.3, 0.4) is 0 Å². The van der Waals surface area contributed by atoms with Crippen LogP contribution in [0.4, 0.5) is 11.4 Å². The van der Waals surface area contributed by atoms with Crippen molar-refractivity contribution >= 4 is 40.3 Å². The molecule has 40 heavy (non-hydrogen) atoms. The third-order valence-corrected chi connectivity index (χ3v) is 8.32. The van der Waals surface area contributed by atoms with Crippen molar-refractivity contribution in [1.29, 1.82) is 0 Å². The van der Waals surface area contributed by atoms with Crippen LogP contribution in [0, 0.1) is 13.8 Å². The van der Waals surface area contributed by atoms with Crippen LogP contribution >= 0.6 is 23.8 Å². The highest BCUT2D eigenvalue weighted by Gasteiger charge is 2.42. The summed E-state index contributed by atoms with van der Waals surface area (Å²) in [6.07, 6.45) is 1.83. The Bertz CT molecular complexity index is 1520. The number of nitrogens with one attached hydrogen (secondary N) is 1. The van der Waals surface area contributed by atoms with Crippen LogP contribution in [0.2, 0.25) is 5.02 Å². The molecule has 4 aromatic rings. The van der Waals surface area contributed by atoms with Crippen LogP contribution in [0.15, 0.2) is 72.9 Å². The van der Waals surface area contributed by atoms with Gasteiger partial charge in [-0.15, -0.1) is 0 Å². The summed E-state index contributed by atoms with van der Waals surface area (Å²) in [4.78, 5) is 9.30. The molecule has 4 heterocycles. The maximum atomic E-state index is 6.43. The second-order valence-corrected chi connectivity index (χ2v) is 10.9. The number of hydrogen-bond donors (Lipinski definition) is 1. The first kappa shape index (κ1) is 26.6. The molecule has 2 aliphatic heterocycles. The second kappa shape index (κ2) is 11.1. The molecule has 2 fully saturated rings. The van der Waals surface area contributed by atoms with Crippen molar-refractivity contribution < 1.29 is 9.47 Å². The molecule has 206 valence electrons. The molecular formula is C31H32ClN5O2S. The third kappa shape index (κ3) is 4.80. The van der Waals surface area contributed by atoms with Gasteiger partial charge in [0.2, 0.25) is 0 Å². The highest BCUT2D eigenvalue weighted by molar-refractivity contribution is 7.80. The third-order valence-electron chi connectivity index (χ3n) is 7.77. The maximum absolute atomic E-state index is 6.43. The van der Waals surface area contributed by atoms with E-state index in [-0.39, 0.29) is 12.1 Å². The number of nitrogens with zero attached hydrogens (tertiary/aromatic N) is 4. The van der Waals surface area contributed by atoms with Crippen molar-refractivity contribution in [2.75, 3.05) is 43.2 Å². The summed E-state index contributed by atoms with van der Waals surface area (Å²) >= 11 is 12.4. The molecule has 9 heteroatoms. The van der Waals surface area contributed by atoms with Gasteiger partial charge in [0.05, 0.1) is 43.8 Å². The van der Waals surface area contributed by atoms with Crippen LogP contribution in [0.1, 0.15) is 34.7 Å². The summed E-state index contributed by atoms with van der Waals surface area (Å²) in [5.74, 6) is 0.759. The van der Waals surface area contributed by atoms with Gasteiger partial charge in [-0.2, -0.15) is 0 Å². The molecule has 2 aromatic carbocycles. The van der Waals surface area contributed by atoms with E-state index >= 15 is 0 Å². The number of aromatic nitrogens is 2. The number of aryl methyl sites for hydroxylation is 1. The Hall–Kier alpha value is -3.59. The van der Waals surface area contributed by atoms with Gasteiger partial charge in [0.25, 0.3) is 0 Å². The van der Waals surface area contributed by atoms with Crippen LogP contribution in [-0.4, -0.2) is 48.1 Å². The zero-order valence-electron chi connectivity index (χ0n) is 22.8. The lowest BCUT2D eigenvalue weighted by Crippen LogP contribution is -2.36. The molecule has 6 rings (SSSR count). The largest absolute Gasteiger partial charge is 0.495 e. The fourth-order valence-corrected chi connectivity index (χ4v) is 6.40. The molecule has 2 saturated heterocycles. The number of pyridine rings is 1. The SMILES string of the molecule is COc1ccc(Cl)cc1-n1c(C)cc([C@@H]2[C@H](c3ccccn3)NC(=S)N2c2ccc(N3CCOCC3)cc2)c1C. The normalized spacial score (nSPS) is 19.1. The Labute approximate surface area is 245 Å². The minimum atomic E-state index is -0.136. The quantitative estimate of drug-likeness (QED) is 0.277. The van der Waals surface area contributed by atoms with Gasteiger partial charge in [0.15, 0.2) is 5.11 Å². The highest BCUT2D eigenvalue weighted by Crippen LogP contribution is 2.44. The number of morpholine rings is 1. The number of methoxy groups -OCH3 is 1. The first-order valence-corrected chi connectivity index (χ1v) is 14.2. The number of anilines is 2. The Morgan fingerprint density at radius 2 is 1.75 bits per heavy atom. The Morgan fingerprint density at radius 3 is 2.45 bits per heavy atom. The van der Waals surface area contributed by atoms with Crippen molar-refractivity contribution in [3.05, 3.63) is 101 Å². The van der Waals surface area contributed by atoms with E-state index in [0.717, 1.165) is 66.1 Å². The molecule has 0 spiro atoms. The minimum absolute atomic E-state index is 0.123. The average molecular weight is 574 g/mol. The lowest BCUT2D eigenvalue weighted by molar-refractivity contribution is 0.122. The van der Waals surface area contributed by atoms with E-state index in [2.05, 4.69) is 69.9 Å². The van der Waals surface area contributed by atoms with Crippen LogP contribution < -0.4 is 19.9 Å². The summed E-state index contributed by atoms with van der Waals surface area (Å²) < 4.78 is 13.5. The van der Waals surface area contributed by atoms with Gasteiger partial charge in [-0.1, -0.05) is 17.7 Å². The van der Waals surface area contributed by atoms with Gasteiger partial charge in [-0.3, -0.25) is 4.98 Å². The van der Waals surface area contributed by atoms with Gasteiger partial charge in [-0.05, 0) is 92.3 Å². The zero-order chi connectivity index (χ0) is 27.8. The molecule has 2 atom stereocenters. The molecule has 0 unspecified atom stereocenters. The number of hydrogen-bond acceptors (Lipinski definition) is 5. The van der Waals surface area contributed by atoms with Crippen molar-refractivity contribution in [1.82, 2.24) is 14.9 Å². The Balaban J connectivity index is 1.45. The summed E-state index contributed by atoms with van der Waals surface area (Å²) in [6, 6.07) is 22.3. The first-order valence-electron chi connectivity index (χ1n) is 13.4. The molecule has 0 radical (unpaired) electrons. The molecule has 0 aliphatic carbocycles. The maximum Gasteiger partial charge on any atom is 0.174 e. The first-order chi connectivity index (χ1) is 19.5. The molecule has 0 bridgehead atoms. The van der Waals surface area contributed by atoms with Crippen LogP contribution in [0.25, 0.3) is 5.69 Å². The van der Waals surface area contributed by atoms with Crippen molar-refractivity contribution in [2.45, 2.75) is 25.9 Å². The van der Waals surface area contributed by atoms with Gasteiger partial charge in [0.1, 0.15) is 5.75 Å². The Morgan fingerprint density at radius 1 is 1.00 bits per heavy atom. The van der Waals surface area contributed by atoms with E-state index in [9.17, 15) is 0 Å². The van der Waals surface area contributed by atoms with Crippen molar-refractivity contribution in [3.8, 4) is 11.4 Å². The van der Waals surface area contributed by atoms with E-state index in [4.69, 9.17) is 38.3 Å². The fourth-order valence-electron chi connectivity index (χ4n) is 5.89. The van der Waals surface area contributed by atoms with E-state index in [1.165, 1.54) is 5.69 Å². The number of benzene rings is 2. The molecular weight excluding hydrogens is 542 g/mol. The molecule has 0 saturated carbocycles. The summed E-state index contributed by atoms with van der Waals surface area (Å²) in [7, 11) is 1.68. The van der Waals surface area contributed by atoms with Gasteiger partial charge < -0.3 is 29.2 Å². The fraction of sp³-hybridized carbons (Fsp3) is 0.290. The summed E-state index contributed by atoms with van der Waals surface area (Å²) in [6.45, 7) is 7.54. The van der Waals surface area contributed by atoms with Gasteiger partial charge in [-0.25, -0.2) is 0 Å². The Kier molecular flexibility index (Phi) is 7.40. The highest BCUT2D eigenvalue weighted by atomic mass is 35.5. The summed E-state index contributed by atoms with van der Waals surface area (Å²) in [5, 5.41) is 4.91. The second-order valence-electron chi connectivity index (χ2n) is 10.1. The van der Waals surface area contributed by atoms with Gasteiger partial charge >= 0.3 is 0 Å². The topological polar surface area (TPSA) is 54.8 Å². The van der Waals surface area contributed by atoms with Gasteiger partial charge in [0, 0.05) is 47.1 Å². The van der Waals surface area contributed by atoms with E-state index in [0.29, 0.717) is 10.1 Å². The predicted molar refractivity (Wildman–Crippen MR) is 164 cm³/mol.